The highest BCUT2D eigenvalue weighted by atomic mass is 16.5. The lowest BCUT2D eigenvalue weighted by Gasteiger charge is -2.33. The predicted molar refractivity (Wildman–Crippen MR) is 90.6 cm³/mol. The number of aryl methyl sites for hydroxylation is 1. The molecular formula is C17H27N5O3. The van der Waals surface area contributed by atoms with Crippen molar-refractivity contribution in [2.75, 3.05) is 13.1 Å². The first-order valence-corrected chi connectivity index (χ1v) is 9.24. The van der Waals surface area contributed by atoms with Crippen LogP contribution in [0.1, 0.15) is 56.7 Å². The van der Waals surface area contributed by atoms with Gasteiger partial charge < -0.3 is 20.1 Å². The zero-order chi connectivity index (χ0) is 17.6. The van der Waals surface area contributed by atoms with Crippen molar-refractivity contribution in [3.8, 4) is 0 Å². The van der Waals surface area contributed by atoms with Gasteiger partial charge >= 0.3 is 6.03 Å². The molecule has 1 saturated carbocycles. The van der Waals surface area contributed by atoms with Crippen molar-refractivity contribution >= 4 is 11.9 Å². The molecule has 1 saturated heterocycles. The summed E-state index contributed by atoms with van der Waals surface area (Å²) >= 11 is 0. The van der Waals surface area contributed by atoms with Crippen LogP contribution >= 0.6 is 0 Å². The first-order valence-electron chi connectivity index (χ1n) is 9.24. The number of nitrogens with one attached hydrogen (secondary N) is 2. The number of nitrogens with zero attached hydrogens (tertiary/aromatic N) is 3. The zero-order valence-corrected chi connectivity index (χ0v) is 14.8. The number of aromatic nitrogens is 2. The second-order valence-corrected chi connectivity index (χ2v) is 7.00. The van der Waals surface area contributed by atoms with E-state index < -0.39 is 0 Å². The number of hydrogen-bond donors (Lipinski definition) is 2. The number of carbonyl (C=O) groups excluding carboxylic acids is 2. The second kappa shape index (κ2) is 8.31. The minimum atomic E-state index is -0.0669. The maximum atomic E-state index is 12.3. The van der Waals surface area contributed by atoms with Crippen LogP contribution < -0.4 is 10.6 Å². The molecule has 138 valence electrons. The lowest BCUT2D eigenvalue weighted by atomic mass is 9.95. The number of hydrogen-bond acceptors (Lipinski definition) is 5. The summed E-state index contributed by atoms with van der Waals surface area (Å²) in [4.78, 5) is 30.5. The van der Waals surface area contributed by atoms with Crippen LogP contribution in [0.2, 0.25) is 0 Å². The fourth-order valence-electron chi connectivity index (χ4n) is 3.58. The Morgan fingerprint density at radius 2 is 1.88 bits per heavy atom. The van der Waals surface area contributed by atoms with E-state index in [1.165, 1.54) is 19.3 Å². The molecule has 8 nitrogen and oxygen atoms in total. The standard InChI is InChI=1S/C17H27N5O3/c1-12-19-15(25-21-12)11-18-16(23)13-7-9-22(10-8-13)17(24)20-14-5-3-2-4-6-14/h13-14H,2-11H2,1H3,(H,18,23)(H,20,24). The third-order valence-electron chi connectivity index (χ3n) is 5.07. The lowest BCUT2D eigenvalue weighted by Crippen LogP contribution is -2.49. The molecule has 2 heterocycles. The molecule has 0 spiro atoms. The molecule has 3 amide bonds. The van der Waals surface area contributed by atoms with Gasteiger partial charge in [0.2, 0.25) is 11.8 Å². The molecule has 25 heavy (non-hydrogen) atoms. The largest absolute Gasteiger partial charge is 0.347 e. The molecule has 2 N–H and O–H groups in total. The van der Waals surface area contributed by atoms with Crippen LogP contribution in [0.15, 0.2) is 4.52 Å². The van der Waals surface area contributed by atoms with E-state index in [0.717, 1.165) is 12.8 Å². The molecular weight excluding hydrogens is 322 g/mol. The van der Waals surface area contributed by atoms with Crippen LogP contribution in [0, 0.1) is 12.8 Å². The van der Waals surface area contributed by atoms with E-state index in [1.807, 2.05) is 4.90 Å². The average molecular weight is 349 g/mol. The SMILES string of the molecule is Cc1noc(CNC(=O)C2CCN(C(=O)NC3CCCCC3)CC2)n1. The van der Waals surface area contributed by atoms with E-state index >= 15 is 0 Å². The average Bonchev–Trinajstić information content (AvgIpc) is 3.06. The Kier molecular flexibility index (Phi) is 5.88. The molecule has 8 heteroatoms. The van der Waals surface area contributed by atoms with E-state index in [4.69, 9.17) is 4.52 Å². The van der Waals surface area contributed by atoms with Crippen molar-refractivity contribution in [1.82, 2.24) is 25.7 Å². The Labute approximate surface area is 147 Å². The lowest BCUT2D eigenvalue weighted by molar-refractivity contribution is -0.126. The van der Waals surface area contributed by atoms with Crippen LogP contribution in [-0.2, 0) is 11.3 Å². The van der Waals surface area contributed by atoms with E-state index in [-0.39, 0.29) is 24.4 Å². The first-order chi connectivity index (χ1) is 12.1. The van der Waals surface area contributed by atoms with Gasteiger partial charge in [0.1, 0.15) is 0 Å². The van der Waals surface area contributed by atoms with Crippen LogP contribution in [0.4, 0.5) is 4.79 Å². The minimum absolute atomic E-state index is 0.0109. The van der Waals surface area contributed by atoms with Gasteiger partial charge in [-0.05, 0) is 32.6 Å². The fraction of sp³-hybridized carbons (Fsp3) is 0.765. The molecule has 3 rings (SSSR count). The van der Waals surface area contributed by atoms with Gasteiger partial charge in [-0.3, -0.25) is 4.79 Å². The summed E-state index contributed by atoms with van der Waals surface area (Å²) in [5.74, 6) is 0.891. The van der Waals surface area contributed by atoms with Gasteiger partial charge in [-0.15, -0.1) is 0 Å². The number of likely N-dealkylation sites (tertiary alicyclic amines) is 1. The van der Waals surface area contributed by atoms with Gasteiger partial charge in [-0.1, -0.05) is 24.4 Å². The molecule has 0 bridgehead atoms. The Bertz CT molecular complexity index is 589. The molecule has 1 aliphatic heterocycles. The van der Waals surface area contributed by atoms with E-state index in [1.54, 1.807) is 6.92 Å². The van der Waals surface area contributed by atoms with Gasteiger partial charge in [0.15, 0.2) is 5.82 Å². The van der Waals surface area contributed by atoms with Gasteiger partial charge in [-0.25, -0.2) is 4.79 Å². The van der Waals surface area contributed by atoms with Crippen molar-refractivity contribution in [3.63, 3.8) is 0 Å². The summed E-state index contributed by atoms with van der Waals surface area (Å²) in [6.45, 7) is 3.23. The molecule has 0 radical (unpaired) electrons. The summed E-state index contributed by atoms with van der Waals surface area (Å²) in [6, 6.07) is 0.340. The maximum absolute atomic E-state index is 12.3. The number of piperidine rings is 1. The number of rotatable bonds is 4. The maximum Gasteiger partial charge on any atom is 0.317 e. The molecule has 0 atom stereocenters. The zero-order valence-electron chi connectivity index (χ0n) is 14.8. The Hall–Kier alpha value is -2.12. The highest BCUT2D eigenvalue weighted by Crippen LogP contribution is 2.20. The molecule has 1 aromatic rings. The summed E-state index contributed by atoms with van der Waals surface area (Å²) in [7, 11) is 0. The number of carbonyl (C=O) groups is 2. The summed E-state index contributed by atoms with van der Waals surface area (Å²) in [6.07, 6.45) is 7.22. The normalized spacial score (nSPS) is 19.6. The monoisotopic (exact) mass is 349 g/mol. The van der Waals surface area contributed by atoms with E-state index in [9.17, 15) is 9.59 Å². The molecule has 1 aromatic heterocycles. The van der Waals surface area contributed by atoms with Crippen LogP contribution in [0.25, 0.3) is 0 Å². The van der Waals surface area contributed by atoms with E-state index in [0.29, 0.717) is 43.7 Å². The van der Waals surface area contributed by atoms with Gasteiger partial charge in [-0.2, -0.15) is 4.98 Å². The fourth-order valence-corrected chi connectivity index (χ4v) is 3.58. The van der Waals surface area contributed by atoms with Crippen molar-refractivity contribution < 1.29 is 14.1 Å². The Morgan fingerprint density at radius 3 is 2.52 bits per heavy atom. The van der Waals surface area contributed by atoms with Crippen LogP contribution in [0.5, 0.6) is 0 Å². The van der Waals surface area contributed by atoms with Crippen LogP contribution in [-0.4, -0.2) is 46.1 Å². The van der Waals surface area contributed by atoms with Gasteiger partial charge in [0, 0.05) is 25.0 Å². The van der Waals surface area contributed by atoms with Crippen molar-refractivity contribution in [2.24, 2.45) is 5.92 Å². The van der Waals surface area contributed by atoms with Crippen molar-refractivity contribution in [1.29, 1.82) is 0 Å². The summed E-state index contributed by atoms with van der Waals surface area (Å²) in [5, 5.41) is 9.67. The van der Waals surface area contributed by atoms with Gasteiger partial charge in [0.25, 0.3) is 0 Å². The highest BCUT2D eigenvalue weighted by molar-refractivity contribution is 5.79. The first kappa shape index (κ1) is 17.7. The third-order valence-corrected chi connectivity index (χ3v) is 5.07. The van der Waals surface area contributed by atoms with Crippen molar-refractivity contribution in [2.45, 2.75) is 64.5 Å². The summed E-state index contributed by atoms with van der Waals surface area (Å²) in [5.41, 5.74) is 0. The highest BCUT2D eigenvalue weighted by Gasteiger charge is 2.28. The predicted octanol–water partition coefficient (Wildman–Crippen LogP) is 1.75. The third kappa shape index (κ3) is 4.93. The molecule has 0 unspecified atom stereocenters. The second-order valence-electron chi connectivity index (χ2n) is 7.00. The Balaban J connectivity index is 1.38. The Morgan fingerprint density at radius 1 is 1.16 bits per heavy atom. The smallest absolute Gasteiger partial charge is 0.317 e. The molecule has 2 aliphatic rings. The quantitative estimate of drug-likeness (QED) is 0.862. The minimum Gasteiger partial charge on any atom is -0.347 e. The topological polar surface area (TPSA) is 100 Å². The van der Waals surface area contributed by atoms with Gasteiger partial charge in [0.05, 0.1) is 6.54 Å². The number of amides is 3. The molecule has 1 aliphatic carbocycles. The summed E-state index contributed by atoms with van der Waals surface area (Å²) < 4.78 is 4.99. The molecule has 0 aromatic carbocycles. The number of urea groups is 1. The van der Waals surface area contributed by atoms with E-state index in [2.05, 4.69) is 20.8 Å². The molecule has 2 fully saturated rings. The van der Waals surface area contributed by atoms with Crippen LogP contribution in [0.3, 0.4) is 0 Å². The van der Waals surface area contributed by atoms with Crippen molar-refractivity contribution in [3.05, 3.63) is 11.7 Å².